The van der Waals surface area contributed by atoms with E-state index >= 15 is 0 Å². The lowest BCUT2D eigenvalue weighted by molar-refractivity contribution is 1.39. The van der Waals surface area contributed by atoms with Gasteiger partial charge in [-0.25, -0.2) is 0 Å². The first-order valence-corrected chi connectivity index (χ1v) is 19.2. The van der Waals surface area contributed by atoms with Gasteiger partial charge in [0, 0.05) is 0 Å². The maximum Gasteiger partial charge on any atom is 0.0992 e. The summed E-state index contributed by atoms with van der Waals surface area (Å²) >= 11 is 0. The van der Waals surface area contributed by atoms with Gasteiger partial charge in [0.05, 0.1) is 46.5 Å². The first-order valence-electron chi connectivity index (χ1n) is 19.2. The van der Waals surface area contributed by atoms with Crippen molar-refractivity contribution in [3.8, 4) is 57.7 Å². The lowest BCUT2D eigenvalue weighted by Gasteiger charge is -2.19. The molecule has 0 atom stereocenters. The number of rotatable bonds is 3. The summed E-state index contributed by atoms with van der Waals surface area (Å²) < 4.78 is 0. The molecule has 11 aromatic carbocycles. The highest BCUT2D eigenvalue weighted by molar-refractivity contribution is 6.45. The minimum absolute atomic E-state index is 0.407. The highest BCUT2D eigenvalue weighted by atomic mass is 14.3. The Balaban J connectivity index is 1.49. The fraction of sp³-hybridized carbons (Fsp3) is 0.0370. The monoisotopic (exact) mass is 732 g/mol. The smallest absolute Gasteiger partial charge is 0.0992 e. The van der Waals surface area contributed by atoms with Crippen molar-refractivity contribution >= 4 is 75.4 Å². The standard InChI is InChI=1S/C54H28N4/c1-29-8-5-9-30(2)47(29)41-16-17-44-50-40(41)13-7-15-43(50)53-48(35-20-31(25-55)18-32(21-35)26-56)46-24-45-38-11-4-3-10-37(38)39-12-6-14-42(51(39)45)52(46)49(54(44)53)36-22-33(27-57)19-34(23-36)28-58/h3-24H,1-2H3. The SMILES string of the molecule is Cc1cccc(C)c1-c1ccc2c3c(-c4cc(C#N)cc(C#N)c4)c4c(cc5c6ccccc6c6cccc4c65)c(-c4cc(C#N)cc(C#N)c4)c3c3cccc1c32. The van der Waals surface area contributed by atoms with Crippen molar-refractivity contribution in [1.82, 2.24) is 0 Å². The van der Waals surface area contributed by atoms with E-state index in [9.17, 15) is 21.0 Å². The Hall–Kier alpha value is -8.28. The molecule has 0 saturated heterocycles. The second-order valence-electron chi connectivity index (χ2n) is 15.3. The normalized spacial score (nSPS) is 11.6. The van der Waals surface area contributed by atoms with Crippen LogP contribution in [0.25, 0.3) is 109 Å². The molecule has 0 bridgehead atoms. The minimum atomic E-state index is 0.407. The van der Waals surface area contributed by atoms with E-state index in [1.54, 1.807) is 12.1 Å². The van der Waals surface area contributed by atoms with E-state index in [0.29, 0.717) is 22.3 Å². The molecule has 0 heterocycles. The summed E-state index contributed by atoms with van der Waals surface area (Å²) in [5, 5.41) is 56.3. The number of fused-ring (bicyclic) bond motifs is 8. The molecule has 0 aliphatic carbocycles. The van der Waals surface area contributed by atoms with Crippen LogP contribution >= 0.6 is 0 Å². The molecule has 0 N–H and O–H groups in total. The Morgan fingerprint density at radius 1 is 0.310 bits per heavy atom. The lowest BCUT2D eigenvalue weighted by atomic mass is 9.83. The van der Waals surface area contributed by atoms with Gasteiger partial charge >= 0.3 is 0 Å². The molecular weight excluding hydrogens is 705 g/mol. The van der Waals surface area contributed by atoms with Crippen LogP contribution in [0.5, 0.6) is 0 Å². The summed E-state index contributed by atoms with van der Waals surface area (Å²) in [5.74, 6) is 0. The Labute approximate surface area is 333 Å². The molecule has 264 valence electrons. The third-order valence-corrected chi connectivity index (χ3v) is 12.2. The molecule has 0 aliphatic heterocycles. The largest absolute Gasteiger partial charge is 0.192 e. The molecule has 0 fully saturated rings. The van der Waals surface area contributed by atoms with Crippen LogP contribution in [0, 0.1) is 59.2 Å². The van der Waals surface area contributed by atoms with E-state index in [0.717, 1.165) is 97.8 Å². The van der Waals surface area contributed by atoms with E-state index in [1.165, 1.54) is 22.1 Å². The van der Waals surface area contributed by atoms with Gasteiger partial charge in [-0.15, -0.1) is 0 Å². The molecule has 0 spiro atoms. The van der Waals surface area contributed by atoms with Gasteiger partial charge in [-0.1, -0.05) is 91.0 Å². The van der Waals surface area contributed by atoms with E-state index < -0.39 is 0 Å². The van der Waals surface area contributed by atoms with Crippen LogP contribution in [-0.4, -0.2) is 0 Å². The molecule has 4 nitrogen and oxygen atoms in total. The van der Waals surface area contributed by atoms with Crippen molar-refractivity contribution in [3.05, 3.63) is 167 Å². The van der Waals surface area contributed by atoms with Gasteiger partial charge in [0.1, 0.15) is 0 Å². The summed E-state index contributed by atoms with van der Waals surface area (Å²) in [6, 6.07) is 54.9. The highest BCUT2D eigenvalue weighted by Crippen LogP contribution is 2.55. The zero-order valence-corrected chi connectivity index (χ0v) is 31.5. The van der Waals surface area contributed by atoms with Crippen LogP contribution in [0.15, 0.2) is 133 Å². The van der Waals surface area contributed by atoms with Crippen LogP contribution in [-0.2, 0) is 0 Å². The molecule has 0 radical (unpaired) electrons. The molecule has 0 saturated carbocycles. The van der Waals surface area contributed by atoms with Gasteiger partial charge in [0.2, 0.25) is 0 Å². The summed E-state index contributed by atoms with van der Waals surface area (Å²) in [4.78, 5) is 0. The highest BCUT2D eigenvalue weighted by Gasteiger charge is 2.28. The quantitative estimate of drug-likeness (QED) is 0.169. The first kappa shape index (κ1) is 33.1. The number of hydrogen-bond acceptors (Lipinski definition) is 4. The Kier molecular flexibility index (Phi) is 6.91. The predicted octanol–water partition coefficient (Wildman–Crippen LogP) is 13.7. The summed E-state index contributed by atoms with van der Waals surface area (Å²) in [6.07, 6.45) is 0. The van der Waals surface area contributed by atoms with Crippen LogP contribution < -0.4 is 0 Å². The zero-order valence-electron chi connectivity index (χ0n) is 31.5. The second kappa shape index (κ2) is 12.1. The Bertz CT molecular complexity index is 3720. The van der Waals surface area contributed by atoms with E-state index in [1.807, 2.05) is 24.3 Å². The lowest BCUT2D eigenvalue weighted by Crippen LogP contribution is -1.93. The maximum atomic E-state index is 10.3. The van der Waals surface area contributed by atoms with Gasteiger partial charge in [-0.05, 0) is 176 Å². The van der Waals surface area contributed by atoms with Crippen LogP contribution in [0.2, 0.25) is 0 Å². The third-order valence-electron chi connectivity index (χ3n) is 12.2. The van der Waals surface area contributed by atoms with E-state index in [2.05, 4.69) is 135 Å². The van der Waals surface area contributed by atoms with Crippen LogP contribution in [0.1, 0.15) is 33.4 Å². The fourth-order valence-corrected chi connectivity index (χ4v) is 10.1. The van der Waals surface area contributed by atoms with Gasteiger partial charge in [-0.2, -0.15) is 21.0 Å². The van der Waals surface area contributed by atoms with Crippen molar-refractivity contribution < 1.29 is 0 Å². The minimum Gasteiger partial charge on any atom is -0.192 e. The fourth-order valence-electron chi connectivity index (χ4n) is 10.1. The average molecular weight is 733 g/mol. The third kappa shape index (κ3) is 4.41. The molecule has 0 unspecified atom stereocenters. The molecule has 58 heavy (non-hydrogen) atoms. The topological polar surface area (TPSA) is 95.2 Å². The summed E-state index contributed by atoms with van der Waals surface area (Å²) in [6.45, 7) is 4.32. The Morgan fingerprint density at radius 2 is 0.759 bits per heavy atom. The number of hydrogen-bond donors (Lipinski definition) is 0. The predicted molar refractivity (Wildman–Crippen MR) is 236 cm³/mol. The number of nitrogens with zero attached hydrogens (tertiary/aromatic N) is 4. The van der Waals surface area contributed by atoms with Gasteiger partial charge < -0.3 is 0 Å². The van der Waals surface area contributed by atoms with E-state index in [-0.39, 0.29) is 0 Å². The number of benzene rings is 9. The van der Waals surface area contributed by atoms with Crippen molar-refractivity contribution in [1.29, 1.82) is 21.0 Å². The molecule has 0 aliphatic rings. The molecule has 4 heteroatoms. The zero-order chi connectivity index (χ0) is 39.4. The van der Waals surface area contributed by atoms with Gasteiger partial charge in [0.25, 0.3) is 0 Å². The summed E-state index contributed by atoms with van der Waals surface area (Å²) in [5.41, 5.74) is 9.81. The molecular formula is C54H28N4. The molecule has 0 aromatic heterocycles. The number of nitriles is 4. The maximum absolute atomic E-state index is 10.3. The number of aryl methyl sites for hydroxylation is 2. The van der Waals surface area contributed by atoms with Crippen molar-refractivity contribution in [2.45, 2.75) is 13.8 Å². The van der Waals surface area contributed by atoms with Gasteiger partial charge in [0.15, 0.2) is 0 Å². The molecule has 11 aromatic rings. The summed E-state index contributed by atoms with van der Waals surface area (Å²) in [7, 11) is 0. The van der Waals surface area contributed by atoms with Crippen molar-refractivity contribution in [3.63, 3.8) is 0 Å². The first-order chi connectivity index (χ1) is 28.4. The van der Waals surface area contributed by atoms with E-state index in [4.69, 9.17) is 0 Å². The molecule has 0 amide bonds. The van der Waals surface area contributed by atoms with Crippen LogP contribution in [0.3, 0.4) is 0 Å². The average Bonchev–Trinajstić information content (AvgIpc) is 3.77. The second-order valence-corrected chi connectivity index (χ2v) is 15.3. The van der Waals surface area contributed by atoms with Crippen molar-refractivity contribution in [2.24, 2.45) is 0 Å². The Morgan fingerprint density at radius 3 is 1.36 bits per heavy atom. The molecule has 11 rings (SSSR count). The van der Waals surface area contributed by atoms with Gasteiger partial charge in [-0.3, -0.25) is 0 Å². The van der Waals surface area contributed by atoms with Crippen molar-refractivity contribution in [2.75, 3.05) is 0 Å². The van der Waals surface area contributed by atoms with Crippen LogP contribution in [0.4, 0.5) is 0 Å².